The van der Waals surface area contributed by atoms with E-state index in [1.807, 2.05) is 0 Å². The first-order chi connectivity index (χ1) is 9.13. The number of hydrogen-bond donors (Lipinski definition) is 1. The van der Waals surface area contributed by atoms with Crippen molar-refractivity contribution in [1.29, 1.82) is 0 Å². The van der Waals surface area contributed by atoms with Crippen molar-refractivity contribution < 1.29 is 13.6 Å². The zero-order valence-corrected chi connectivity index (χ0v) is 9.78. The largest absolute Gasteiger partial charge is 0.321 e. The number of nitrogens with one attached hydrogen (secondary N) is 1. The Balaban J connectivity index is 2.18. The Hall–Kier alpha value is -2.49. The van der Waals surface area contributed by atoms with Crippen molar-refractivity contribution in [3.8, 4) is 0 Å². The van der Waals surface area contributed by atoms with Gasteiger partial charge in [-0.25, -0.2) is 8.78 Å². The molecule has 1 amide bonds. The van der Waals surface area contributed by atoms with Gasteiger partial charge in [-0.05, 0) is 41.5 Å². The first kappa shape index (κ1) is 11.6. The van der Waals surface area contributed by atoms with E-state index in [2.05, 4.69) is 5.32 Å². The summed E-state index contributed by atoms with van der Waals surface area (Å²) < 4.78 is 26.4. The molecule has 3 rings (SSSR count). The monoisotopic (exact) mass is 257 g/mol. The van der Waals surface area contributed by atoms with Crippen LogP contribution >= 0.6 is 0 Å². The molecular weight excluding hydrogens is 248 g/mol. The Morgan fingerprint density at radius 1 is 0.842 bits per heavy atom. The van der Waals surface area contributed by atoms with E-state index in [4.69, 9.17) is 0 Å². The summed E-state index contributed by atoms with van der Waals surface area (Å²) in [6.45, 7) is 0. The Morgan fingerprint density at radius 3 is 2.26 bits per heavy atom. The van der Waals surface area contributed by atoms with Gasteiger partial charge in [-0.2, -0.15) is 0 Å². The lowest BCUT2D eigenvalue weighted by Gasteiger charge is -2.13. The lowest BCUT2D eigenvalue weighted by atomic mass is 10.0. The second-order valence-electron chi connectivity index (χ2n) is 4.25. The predicted molar refractivity (Wildman–Crippen MR) is 69.7 cm³/mol. The molecule has 0 atom stereocenters. The van der Waals surface area contributed by atoms with Crippen molar-refractivity contribution in [2.24, 2.45) is 0 Å². The first-order valence-corrected chi connectivity index (χ1v) is 5.72. The molecule has 94 valence electrons. The normalized spacial score (nSPS) is 14.7. The van der Waals surface area contributed by atoms with E-state index in [1.54, 1.807) is 18.2 Å². The highest BCUT2D eigenvalue weighted by Crippen LogP contribution is 2.25. The number of hydrogen-bond acceptors (Lipinski definition) is 1. The van der Waals surface area contributed by atoms with Crippen LogP contribution in [0.2, 0.25) is 0 Å². The molecule has 0 fully saturated rings. The van der Waals surface area contributed by atoms with Crippen molar-refractivity contribution in [3.63, 3.8) is 0 Å². The Labute approximate surface area is 108 Å². The minimum atomic E-state index is -0.484. The highest BCUT2D eigenvalue weighted by molar-refractivity contribution is 6.09. The van der Waals surface area contributed by atoms with Gasteiger partial charge in [-0.15, -0.1) is 0 Å². The van der Waals surface area contributed by atoms with Gasteiger partial charge in [-0.1, -0.05) is 18.2 Å². The van der Waals surface area contributed by atoms with E-state index in [0.717, 1.165) is 0 Å². The van der Waals surface area contributed by atoms with Gasteiger partial charge in [0.1, 0.15) is 11.6 Å². The van der Waals surface area contributed by atoms with Gasteiger partial charge < -0.3 is 5.32 Å². The summed E-state index contributed by atoms with van der Waals surface area (Å²) in [5.41, 5.74) is 1.92. The van der Waals surface area contributed by atoms with Crippen LogP contribution in [0.3, 0.4) is 0 Å². The van der Waals surface area contributed by atoms with Gasteiger partial charge in [0.25, 0.3) is 5.91 Å². The Morgan fingerprint density at radius 2 is 1.47 bits per heavy atom. The third-order valence-electron chi connectivity index (χ3n) is 2.97. The molecule has 1 aliphatic heterocycles. The molecule has 2 aromatic carbocycles. The van der Waals surface area contributed by atoms with Gasteiger partial charge in [-0.3, -0.25) is 4.79 Å². The van der Waals surface area contributed by atoms with E-state index in [1.165, 1.54) is 30.3 Å². The van der Waals surface area contributed by atoms with Gasteiger partial charge in [0, 0.05) is 5.56 Å². The van der Waals surface area contributed by atoms with E-state index in [9.17, 15) is 13.6 Å². The second-order valence-corrected chi connectivity index (χ2v) is 4.25. The molecule has 0 saturated heterocycles. The highest BCUT2D eigenvalue weighted by atomic mass is 19.1. The van der Waals surface area contributed by atoms with Gasteiger partial charge in [0.05, 0.1) is 5.69 Å². The Bertz CT molecular complexity index is 707. The predicted octanol–water partition coefficient (Wildman–Crippen LogP) is 3.70. The van der Waals surface area contributed by atoms with Gasteiger partial charge in [0.15, 0.2) is 0 Å². The molecule has 0 bridgehead atoms. The SMILES string of the molecule is O=C1Nc2cc(F)ccc2/C=C\c2ccc(F)cc21. The summed E-state index contributed by atoms with van der Waals surface area (Å²) in [5.74, 6) is -1.37. The van der Waals surface area contributed by atoms with E-state index in [-0.39, 0.29) is 5.56 Å². The molecule has 1 aliphatic rings. The average Bonchev–Trinajstić information content (AvgIpc) is 2.37. The van der Waals surface area contributed by atoms with E-state index < -0.39 is 17.5 Å². The summed E-state index contributed by atoms with van der Waals surface area (Å²) in [5, 5.41) is 2.59. The number of fused-ring (bicyclic) bond motifs is 2. The number of amides is 1. The smallest absolute Gasteiger partial charge is 0.256 e. The third kappa shape index (κ3) is 2.12. The van der Waals surface area contributed by atoms with Crippen LogP contribution in [0.25, 0.3) is 12.2 Å². The molecule has 19 heavy (non-hydrogen) atoms. The number of carbonyl (C=O) groups excluding carboxylic acids is 1. The first-order valence-electron chi connectivity index (χ1n) is 5.72. The molecule has 0 aliphatic carbocycles. The molecule has 0 unspecified atom stereocenters. The van der Waals surface area contributed by atoms with E-state index >= 15 is 0 Å². The van der Waals surface area contributed by atoms with Crippen molar-refractivity contribution in [3.05, 3.63) is 64.7 Å². The molecule has 1 heterocycles. The zero-order chi connectivity index (χ0) is 13.4. The summed E-state index contributed by atoms with van der Waals surface area (Å²) >= 11 is 0. The van der Waals surface area contributed by atoms with Crippen LogP contribution in [0.5, 0.6) is 0 Å². The van der Waals surface area contributed by atoms with Gasteiger partial charge >= 0.3 is 0 Å². The summed E-state index contributed by atoms with van der Waals surface area (Å²) in [7, 11) is 0. The number of carbonyl (C=O) groups is 1. The van der Waals surface area contributed by atoms with Crippen molar-refractivity contribution in [2.45, 2.75) is 0 Å². The lowest BCUT2D eigenvalue weighted by molar-refractivity contribution is 0.102. The molecule has 1 N–H and O–H groups in total. The fourth-order valence-electron chi connectivity index (χ4n) is 2.02. The van der Waals surface area contributed by atoms with Crippen molar-refractivity contribution in [1.82, 2.24) is 0 Å². The minimum absolute atomic E-state index is 0.228. The second kappa shape index (κ2) is 4.31. The van der Waals surface area contributed by atoms with Crippen LogP contribution in [-0.4, -0.2) is 5.91 Å². The highest BCUT2D eigenvalue weighted by Gasteiger charge is 2.15. The van der Waals surface area contributed by atoms with Crippen LogP contribution in [0.15, 0.2) is 36.4 Å². The maximum absolute atomic E-state index is 13.2. The molecule has 2 aromatic rings. The Kier molecular flexibility index (Phi) is 2.63. The molecule has 2 nitrogen and oxygen atoms in total. The average molecular weight is 257 g/mol. The number of rotatable bonds is 0. The summed E-state index contributed by atoms with van der Waals surface area (Å²) in [4.78, 5) is 12.1. The minimum Gasteiger partial charge on any atom is -0.321 e. The number of anilines is 1. The summed E-state index contributed by atoms with van der Waals surface area (Å²) in [6.07, 6.45) is 3.47. The van der Waals surface area contributed by atoms with Crippen molar-refractivity contribution in [2.75, 3.05) is 5.32 Å². The van der Waals surface area contributed by atoms with Crippen LogP contribution in [0, 0.1) is 11.6 Å². The molecule has 0 radical (unpaired) electrons. The molecule has 0 aromatic heterocycles. The van der Waals surface area contributed by atoms with Crippen LogP contribution in [0.1, 0.15) is 21.5 Å². The summed E-state index contributed by atoms with van der Waals surface area (Å²) in [6, 6.07) is 8.14. The number of halogens is 2. The van der Waals surface area contributed by atoms with Crippen LogP contribution < -0.4 is 5.32 Å². The van der Waals surface area contributed by atoms with Crippen LogP contribution in [-0.2, 0) is 0 Å². The van der Waals surface area contributed by atoms with Crippen LogP contribution in [0.4, 0.5) is 14.5 Å². The molecule has 0 spiro atoms. The maximum Gasteiger partial charge on any atom is 0.256 e. The lowest BCUT2D eigenvalue weighted by Crippen LogP contribution is -2.15. The molecule has 4 heteroatoms. The van der Waals surface area contributed by atoms with E-state index in [0.29, 0.717) is 16.8 Å². The molecule has 0 saturated carbocycles. The fourth-order valence-corrected chi connectivity index (χ4v) is 2.02. The van der Waals surface area contributed by atoms with Gasteiger partial charge in [0.2, 0.25) is 0 Å². The molecular formula is C15H9F2NO. The zero-order valence-electron chi connectivity index (χ0n) is 9.78. The standard InChI is InChI=1S/C15H9F2NO/c16-11-5-3-9-1-2-10-4-6-12(17)8-14(10)18-15(19)13(9)7-11/h1-8H,(H,18,19). The van der Waals surface area contributed by atoms with Crippen molar-refractivity contribution >= 4 is 23.7 Å². The maximum atomic E-state index is 13.2. The number of benzene rings is 2. The topological polar surface area (TPSA) is 29.1 Å². The fraction of sp³-hybridized carbons (Fsp3) is 0. The third-order valence-corrected chi connectivity index (χ3v) is 2.97. The quantitative estimate of drug-likeness (QED) is 0.766.